The van der Waals surface area contributed by atoms with Gasteiger partial charge < -0.3 is 10.6 Å². The minimum absolute atomic E-state index is 0.389. The van der Waals surface area contributed by atoms with Gasteiger partial charge in [-0.15, -0.1) is 11.3 Å². The molecule has 1 saturated carbocycles. The zero-order chi connectivity index (χ0) is 14.1. The molecule has 1 aliphatic carbocycles. The van der Waals surface area contributed by atoms with Gasteiger partial charge in [0.25, 0.3) is 0 Å². The van der Waals surface area contributed by atoms with Crippen molar-refractivity contribution in [3.8, 4) is 0 Å². The van der Waals surface area contributed by atoms with Crippen molar-refractivity contribution in [2.45, 2.75) is 51.5 Å². The number of nitrogens with two attached hydrogens (primary N) is 1. The number of nitrogen functional groups attached to an aromatic ring is 1. The fraction of sp³-hybridized carbons (Fsp3) is 0.600. The molecule has 2 N–H and O–H groups in total. The normalized spacial score (nSPS) is 16.7. The quantitative estimate of drug-likeness (QED) is 0.938. The Kier molecular flexibility index (Phi) is 3.78. The lowest BCUT2D eigenvalue weighted by atomic mass is 9.94. The molecule has 0 saturated heterocycles. The molecule has 2 aromatic heterocycles. The summed E-state index contributed by atoms with van der Waals surface area (Å²) in [6.07, 6.45) is 7.56. The van der Waals surface area contributed by atoms with Crippen LogP contribution in [0, 0.1) is 0 Å². The minimum atomic E-state index is 0.389. The maximum absolute atomic E-state index is 5.90. The molecule has 0 amide bonds. The van der Waals surface area contributed by atoms with Crippen molar-refractivity contribution in [1.82, 2.24) is 9.97 Å². The molecule has 1 fully saturated rings. The molecule has 20 heavy (non-hydrogen) atoms. The number of nitrogens with zero attached hydrogens (tertiary/aromatic N) is 3. The van der Waals surface area contributed by atoms with Crippen molar-refractivity contribution in [2.75, 3.05) is 17.7 Å². The summed E-state index contributed by atoms with van der Waals surface area (Å²) in [5.74, 6) is 1.40. The lowest BCUT2D eigenvalue weighted by Crippen LogP contribution is -2.34. The molecule has 0 radical (unpaired) electrons. The molecule has 4 nitrogen and oxygen atoms in total. The predicted octanol–water partition coefficient (Wildman–Crippen LogP) is 3.60. The average molecular weight is 290 g/mol. The molecule has 0 atom stereocenters. The Bertz CT molecular complexity index is 601. The van der Waals surface area contributed by atoms with E-state index < -0.39 is 0 Å². The summed E-state index contributed by atoms with van der Waals surface area (Å²) in [4.78, 5) is 13.6. The van der Waals surface area contributed by atoms with Gasteiger partial charge in [-0.25, -0.2) is 4.98 Å². The first kappa shape index (κ1) is 13.6. The van der Waals surface area contributed by atoms with Crippen LogP contribution in [0.4, 0.5) is 11.8 Å². The molecule has 0 spiro atoms. The van der Waals surface area contributed by atoms with E-state index in [0.29, 0.717) is 12.0 Å². The number of rotatable bonds is 3. The highest BCUT2D eigenvalue weighted by atomic mass is 32.1. The van der Waals surface area contributed by atoms with Crippen LogP contribution in [0.3, 0.4) is 0 Å². The van der Waals surface area contributed by atoms with Crippen LogP contribution < -0.4 is 10.6 Å². The van der Waals surface area contributed by atoms with Gasteiger partial charge in [-0.2, -0.15) is 4.98 Å². The van der Waals surface area contributed by atoms with Crippen LogP contribution in [0.2, 0.25) is 0 Å². The zero-order valence-electron chi connectivity index (χ0n) is 12.2. The standard InChI is InChI=1S/C15H22N4S/c1-3-11-9-12-13(17-15(16)18-14(12)20-11)19(2)10-7-5-4-6-8-10/h9-10H,3-8H2,1-2H3,(H2,16,17,18). The number of hydrogen-bond donors (Lipinski definition) is 1. The first-order valence-corrected chi connectivity index (χ1v) is 8.29. The summed E-state index contributed by atoms with van der Waals surface area (Å²) < 4.78 is 0. The van der Waals surface area contributed by atoms with Crippen molar-refractivity contribution >= 4 is 33.3 Å². The smallest absolute Gasteiger partial charge is 0.223 e. The van der Waals surface area contributed by atoms with Gasteiger partial charge in [0.2, 0.25) is 5.95 Å². The third kappa shape index (κ3) is 2.46. The van der Waals surface area contributed by atoms with Crippen LogP contribution >= 0.6 is 11.3 Å². The van der Waals surface area contributed by atoms with E-state index >= 15 is 0 Å². The highest BCUT2D eigenvalue weighted by molar-refractivity contribution is 7.18. The van der Waals surface area contributed by atoms with E-state index in [2.05, 4.69) is 34.9 Å². The van der Waals surface area contributed by atoms with Crippen LogP contribution in [0.15, 0.2) is 6.07 Å². The van der Waals surface area contributed by atoms with Gasteiger partial charge in [-0.1, -0.05) is 26.2 Å². The van der Waals surface area contributed by atoms with Crippen molar-refractivity contribution in [3.63, 3.8) is 0 Å². The molecule has 2 heterocycles. The minimum Gasteiger partial charge on any atom is -0.368 e. The van der Waals surface area contributed by atoms with Gasteiger partial charge in [0.05, 0.1) is 5.39 Å². The molecular formula is C15H22N4S. The summed E-state index contributed by atoms with van der Waals surface area (Å²) in [5.41, 5.74) is 5.90. The Balaban J connectivity index is 2.02. The second-order valence-corrected chi connectivity index (χ2v) is 6.71. The van der Waals surface area contributed by atoms with Gasteiger partial charge in [-0.05, 0) is 25.3 Å². The Labute approximate surface area is 124 Å². The highest BCUT2D eigenvalue weighted by Gasteiger charge is 2.22. The van der Waals surface area contributed by atoms with E-state index in [1.54, 1.807) is 11.3 Å². The predicted molar refractivity (Wildman–Crippen MR) is 86.5 cm³/mol. The van der Waals surface area contributed by atoms with E-state index in [9.17, 15) is 0 Å². The molecule has 0 bridgehead atoms. The van der Waals surface area contributed by atoms with Crippen molar-refractivity contribution < 1.29 is 0 Å². The fourth-order valence-corrected chi connectivity index (χ4v) is 4.03. The number of fused-ring (bicyclic) bond motifs is 1. The van der Waals surface area contributed by atoms with E-state index in [1.165, 1.54) is 37.0 Å². The van der Waals surface area contributed by atoms with Crippen LogP contribution in [-0.2, 0) is 6.42 Å². The van der Waals surface area contributed by atoms with Gasteiger partial charge in [0.15, 0.2) is 0 Å². The van der Waals surface area contributed by atoms with Gasteiger partial charge in [0, 0.05) is 18.0 Å². The summed E-state index contributed by atoms with van der Waals surface area (Å²) in [7, 11) is 2.15. The maximum Gasteiger partial charge on any atom is 0.223 e. The van der Waals surface area contributed by atoms with Crippen molar-refractivity contribution in [1.29, 1.82) is 0 Å². The first-order valence-electron chi connectivity index (χ1n) is 7.47. The molecular weight excluding hydrogens is 268 g/mol. The lowest BCUT2D eigenvalue weighted by molar-refractivity contribution is 0.426. The van der Waals surface area contributed by atoms with E-state index in [0.717, 1.165) is 22.5 Å². The fourth-order valence-electron chi connectivity index (χ4n) is 3.06. The third-order valence-corrected chi connectivity index (χ3v) is 5.42. The summed E-state index contributed by atoms with van der Waals surface area (Å²) in [5, 5.41) is 1.16. The number of hydrogen-bond acceptors (Lipinski definition) is 5. The van der Waals surface area contributed by atoms with Gasteiger partial charge in [0.1, 0.15) is 10.6 Å². The zero-order valence-corrected chi connectivity index (χ0v) is 13.0. The first-order chi connectivity index (χ1) is 9.69. The van der Waals surface area contributed by atoms with Crippen molar-refractivity contribution in [3.05, 3.63) is 10.9 Å². The van der Waals surface area contributed by atoms with Crippen LogP contribution in [0.5, 0.6) is 0 Å². The molecule has 5 heteroatoms. The maximum atomic E-state index is 5.90. The van der Waals surface area contributed by atoms with E-state index in [-0.39, 0.29) is 0 Å². The number of thiophene rings is 1. The number of anilines is 2. The van der Waals surface area contributed by atoms with E-state index in [1.807, 2.05) is 0 Å². The molecule has 108 valence electrons. The molecule has 2 aromatic rings. The second kappa shape index (κ2) is 5.56. The van der Waals surface area contributed by atoms with E-state index in [4.69, 9.17) is 5.73 Å². The number of aryl methyl sites for hydroxylation is 1. The Hall–Kier alpha value is -1.36. The second-order valence-electron chi connectivity index (χ2n) is 5.59. The lowest BCUT2D eigenvalue weighted by Gasteiger charge is -2.32. The van der Waals surface area contributed by atoms with Gasteiger partial charge in [-0.3, -0.25) is 0 Å². The summed E-state index contributed by atoms with van der Waals surface area (Å²) in [6.45, 7) is 2.17. The third-order valence-electron chi connectivity index (χ3n) is 4.25. The largest absolute Gasteiger partial charge is 0.368 e. The summed E-state index contributed by atoms with van der Waals surface area (Å²) in [6, 6.07) is 2.82. The topological polar surface area (TPSA) is 55.0 Å². The Morgan fingerprint density at radius 3 is 2.75 bits per heavy atom. The van der Waals surface area contributed by atoms with Crippen LogP contribution in [-0.4, -0.2) is 23.1 Å². The monoisotopic (exact) mass is 290 g/mol. The van der Waals surface area contributed by atoms with Crippen LogP contribution in [0.25, 0.3) is 10.2 Å². The van der Waals surface area contributed by atoms with Gasteiger partial charge >= 0.3 is 0 Å². The molecule has 0 aromatic carbocycles. The SMILES string of the molecule is CCc1cc2c(N(C)C3CCCCC3)nc(N)nc2s1. The molecule has 0 aliphatic heterocycles. The molecule has 3 rings (SSSR count). The average Bonchev–Trinajstić information content (AvgIpc) is 2.89. The Morgan fingerprint density at radius 2 is 2.05 bits per heavy atom. The highest BCUT2D eigenvalue weighted by Crippen LogP contribution is 2.34. The Morgan fingerprint density at radius 1 is 1.30 bits per heavy atom. The molecule has 1 aliphatic rings. The summed E-state index contributed by atoms with van der Waals surface area (Å²) >= 11 is 1.73. The molecule has 0 unspecified atom stereocenters. The number of aromatic nitrogens is 2. The van der Waals surface area contributed by atoms with Crippen LogP contribution in [0.1, 0.15) is 43.9 Å². The van der Waals surface area contributed by atoms with Crippen molar-refractivity contribution in [2.24, 2.45) is 0 Å².